The highest BCUT2D eigenvalue weighted by Crippen LogP contribution is 2.44. The molecule has 0 aliphatic carbocycles. The topological polar surface area (TPSA) is 61.9 Å². The van der Waals surface area contributed by atoms with E-state index in [1.54, 1.807) is 11.1 Å². The minimum Gasteiger partial charge on any atom is -0.294 e. The molecule has 0 saturated heterocycles. The number of halogens is 1. The third kappa shape index (κ3) is 3.02. The summed E-state index contributed by atoms with van der Waals surface area (Å²) in [6.45, 7) is 6.22. The Morgan fingerprint density at radius 2 is 2.00 bits per heavy atom. The third-order valence-electron chi connectivity index (χ3n) is 4.82. The molecule has 27 heavy (non-hydrogen) atoms. The van der Waals surface area contributed by atoms with Gasteiger partial charge in [-0.3, -0.25) is 19.8 Å². The number of carbonyl (C=O) groups excluding carboxylic acids is 1. The number of hydrogen-bond donors (Lipinski definition) is 1. The highest BCUT2D eigenvalue weighted by atomic mass is 35.5. The number of H-pyrrole nitrogens is 1. The van der Waals surface area contributed by atoms with E-state index >= 15 is 0 Å². The van der Waals surface area contributed by atoms with Crippen molar-refractivity contribution in [3.63, 3.8) is 0 Å². The summed E-state index contributed by atoms with van der Waals surface area (Å²) >= 11 is 6.54. The molecule has 1 unspecified atom stereocenters. The predicted octanol–water partition coefficient (Wildman–Crippen LogP) is 4.71. The first-order valence-corrected chi connectivity index (χ1v) is 9.43. The van der Waals surface area contributed by atoms with Crippen LogP contribution in [0.5, 0.6) is 0 Å². The molecule has 1 aromatic carbocycles. The van der Waals surface area contributed by atoms with Crippen LogP contribution in [-0.2, 0) is 6.42 Å². The summed E-state index contributed by atoms with van der Waals surface area (Å²) in [5.41, 5.74) is 4.90. The SMILES string of the molecule is Cc1ccc(N2C(=O)c3n[nH]c(CC(C)C)c3C2c2ccccc2Cl)cn1. The van der Waals surface area contributed by atoms with Crippen LogP contribution in [-0.4, -0.2) is 21.1 Å². The van der Waals surface area contributed by atoms with Crippen molar-refractivity contribution in [2.75, 3.05) is 4.90 Å². The fourth-order valence-electron chi connectivity index (χ4n) is 3.63. The minimum absolute atomic E-state index is 0.133. The molecule has 1 atom stereocenters. The Hall–Kier alpha value is -2.66. The van der Waals surface area contributed by atoms with Crippen LogP contribution in [0.3, 0.4) is 0 Å². The summed E-state index contributed by atoms with van der Waals surface area (Å²) in [4.78, 5) is 19.4. The number of rotatable bonds is 4. The lowest BCUT2D eigenvalue weighted by atomic mass is 9.95. The van der Waals surface area contributed by atoms with Gasteiger partial charge in [0.15, 0.2) is 5.69 Å². The van der Waals surface area contributed by atoms with Crippen LogP contribution in [0, 0.1) is 12.8 Å². The van der Waals surface area contributed by atoms with Gasteiger partial charge in [0, 0.05) is 22.0 Å². The maximum Gasteiger partial charge on any atom is 0.280 e. The second-order valence-corrected chi connectivity index (χ2v) is 7.73. The molecule has 1 N–H and O–H groups in total. The monoisotopic (exact) mass is 380 g/mol. The van der Waals surface area contributed by atoms with E-state index in [1.165, 1.54) is 0 Å². The second kappa shape index (κ2) is 6.82. The molecule has 0 spiro atoms. The maximum absolute atomic E-state index is 13.2. The molecule has 1 aliphatic heterocycles. The molecule has 1 amide bonds. The number of hydrogen-bond acceptors (Lipinski definition) is 3. The van der Waals surface area contributed by atoms with E-state index < -0.39 is 0 Å². The third-order valence-corrected chi connectivity index (χ3v) is 5.17. The summed E-state index contributed by atoms with van der Waals surface area (Å²) < 4.78 is 0. The molecule has 0 radical (unpaired) electrons. The number of aromatic nitrogens is 3. The fourth-order valence-corrected chi connectivity index (χ4v) is 3.87. The molecule has 5 nitrogen and oxygen atoms in total. The van der Waals surface area contributed by atoms with Gasteiger partial charge in [0.25, 0.3) is 5.91 Å². The molecule has 1 aliphatic rings. The fraction of sp³-hybridized carbons (Fsp3) is 0.286. The van der Waals surface area contributed by atoms with Crippen molar-refractivity contribution in [2.45, 2.75) is 33.2 Å². The van der Waals surface area contributed by atoms with Gasteiger partial charge in [0.2, 0.25) is 0 Å². The van der Waals surface area contributed by atoms with E-state index in [-0.39, 0.29) is 11.9 Å². The van der Waals surface area contributed by atoms with Crippen molar-refractivity contribution in [1.82, 2.24) is 15.2 Å². The number of benzene rings is 1. The zero-order chi connectivity index (χ0) is 19.1. The summed E-state index contributed by atoms with van der Waals surface area (Å²) in [6, 6.07) is 11.2. The normalized spacial score (nSPS) is 16.3. The molecule has 3 heterocycles. The van der Waals surface area contributed by atoms with Crippen molar-refractivity contribution < 1.29 is 4.79 Å². The first kappa shape index (κ1) is 17.7. The number of nitrogens with zero attached hydrogens (tertiary/aromatic N) is 3. The summed E-state index contributed by atoms with van der Waals surface area (Å²) in [5, 5.41) is 8.06. The molecule has 0 bridgehead atoms. The standard InChI is InChI=1S/C21H21ClN4O/c1-12(2)10-17-18-19(25-24-17)21(27)26(14-9-8-13(3)23-11-14)20(18)15-6-4-5-7-16(15)22/h4-9,11-12,20H,10H2,1-3H3,(H,24,25). The number of anilines is 1. The van der Waals surface area contributed by atoms with E-state index in [2.05, 4.69) is 29.0 Å². The van der Waals surface area contributed by atoms with Crippen LogP contribution in [0.15, 0.2) is 42.6 Å². The number of fused-ring (bicyclic) bond motifs is 1. The highest BCUT2D eigenvalue weighted by Gasteiger charge is 2.43. The van der Waals surface area contributed by atoms with E-state index in [4.69, 9.17) is 11.6 Å². The van der Waals surface area contributed by atoms with E-state index in [1.807, 2.05) is 43.3 Å². The lowest BCUT2D eigenvalue weighted by molar-refractivity contribution is 0.0988. The highest BCUT2D eigenvalue weighted by molar-refractivity contribution is 6.31. The Labute approximate surface area is 163 Å². The summed E-state index contributed by atoms with van der Waals surface area (Å²) in [5.74, 6) is 0.304. The van der Waals surface area contributed by atoms with Gasteiger partial charge in [-0.05, 0) is 43.0 Å². The van der Waals surface area contributed by atoms with E-state index in [9.17, 15) is 4.79 Å². The average Bonchev–Trinajstić information content (AvgIpc) is 3.15. The number of aromatic amines is 1. The maximum atomic E-state index is 13.2. The second-order valence-electron chi connectivity index (χ2n) is 7.32. The van der Waals surface area contributed by atoms with Gasteiger partial charge in [-0.15, -0.1) is 0 Å². The molecule has 0 saturated carbocycles. The smallest absolute Gasteiger partial charge is 0.280 e. The first-order chi connectivity index (χ1) is 13.0. The quantitative estimate of drug-likeness (QED) is 0.712. The number of nitrogens with one attached hydrogen (secondary N) is 1. The molecule has 0 fully saturated rings. The van der Waals surface area contributed by atoms with Crippen LogP contribution in [0.2, 0.25) is 5.02 Å². The van der Waals surface area contributed by atoms with Crippen LogP contribution in [0.1, 0.15) is 52.9 Å². The van der Waals surface area contributed by atoms with Crippen molar-refractivity contribution in [2.24, 2.45) is 5.92 Å². The summed E-state index contributed by atoms with van der Waals surface area (Å²) in [7, 11) is 0. The van der Waals surface area contributed by atoms with Gasteiger partial charge in [-0.25, -0.2) is 0 Å². The zero-order valence-electron chi connectivity index (χ0n) is 15.5. The lowest BCUT2D eigenvalue weighted by Crippen LogP contribution is -2.29. The van der Waals surface area contributed by atoms with E-state index in [0.29, 0.717) is 16.6 Å². The molecular formula is C21H21ClN4O. The van der Waals surface area contributed by atoms with Crippen molar-refractivity contribution in [3.05, 3.63) is 75.8 Å². The molecule has 138 valence electrons. The first-order valence-electron chi connectivity index (χ1n) is 9.05. The number of aryl methyl sites for hydroxylation is 1. The average molecular weight is 381 g/mol. The van der Waals surface area contributed by atoms with Gasteiger partial charge >= 0.3 is 0 Å². The molecule has 3 aromatic rings. The van der Waals surface area contributed by atoms with E-state index in [0.717, 1.165) is 34.6 Å². The van der Waals surface area contributed by atoms with Crippen LogP contribution >= 0.6 is 11.6 Å². The lowest BCUT2D eigenvalue weighted by Gasteiger charge is -2.27. The summed E-state index contributed by atoms with van der Waals surface area (Å²) in [6.07, 6.45) is 2.55. The molecular weight excluding hydrogens is 360 g/mol. The van der Waals surface area contributed by atoms with Crippen molar-refractivity contribution >= 4 is 23.2 Å². The van der Waals surface area contributed by atoms with Crippen molar-refractivity contribution in [3.8, 4) is 0 Å². The number of carbonyl (C=O) groups is 1. The van der Waals surface area contributed by atoms with Gasteiger partial charge in [0.05, 0.1) is 17.9 Å². The Morgan fingerprint density at radius 1 is 1.22 bits per heavy atom. The van der Waals surface area contributed by atoms with Gasteiger partial charge in [-0.2, -0.15) is 5.10 Å². The molecule has 4 rings (SSSR count). The van der Waals surface area contributed by atoms with Crippen LogP contribution < -0.4 is 4.90 Å². The van der Waals surface area contributed by atoms with Crippen LogP contribution in [0.4, 0.5) is 5.69 Å². The Morgan fingerprint density at radius 3 is 2.67 bits per heavy atom. The molecule has 2 aromatic heterocycles. The minimum atomic E-state index is -0.321. The van der Waals surface area contributed by atoms with Crippen LogP contribution in [0.25, 0.3) is 0 Å². The number of amides is 1. The number of pyridine rings is 1. The van der Waals surface area contributed by atoms with Crippen molar-refractivity contribution in [1.29, 1.82) is 0 Å². The van der Waals surface area contributed by atoms with Gasteiger partial charge in [-0.1, -0.05) is 43.6 Å². The van der Waals surface area contributed by atoms with Gasteiger partial charge in [0.1, 0.15) is 0 Å². The molecule has 6 heteroatoms. The largest absolute Gasteiger partial charge is 0.294 e. The Bertz CT molecular complexity index is 994. The predicted molar refractivity (Wildman–Crippen MR) is 106 cm³/mol. The zero-order valence-corrected chi connectivity index (χ0v) is 16.3. The Kier molecular flexibility index (Phi) is 4.48. The Balaban J connectivity index is 1.91. The van der Waals surface area contributed by atoms with Gasteiger partial charge < -0.3 is 0 Å².